The molecule has 1 aliphatic rings. The SMILES string of the molecule is CC1=NC(=Cc2ccccc2C(F)(F)F)C(C=O)O1. The van der Waals surface area contributed by atoms with E-state index in [4.69, 9.17) is 4.74 Å². The van der Waals surface area contributed by atoms with Crippen LogP contribution in [0.2, 0.25) is 0 Å². The van der Waals surface area contributed by atoms with E-state index < -0.39 is 17.8 Å². The van der Waals surface area contributed by atoms with Crippen molar-refractivity contribution in [2.45, 2.75) is 19.2 Å². The Hall–Kier alpha value is -2.11. The van der Waals surface area contributed by atoms with Gasteiger partial charge in [-0.05, 0) is 17.7 Å². The fourth-order valence-corrected chi connectivity index (χ4v) is 1.77. The molecule has 0 bridgehead atoms. The van der Waals surface area contributed by atoms with E-state index in [1.54, 1.807) is 0 Å². The van der Waals surface area contributed by atoms with Gasteiger partial charge in [-0.2, -0.15) is 13.2 Å². The summed E-state index contributed by atoms with van der Waals surface area (Å²) >= 11 is 0. The molecule has 1 atom stereocenters. The Morgan fingerprint density at radius 1 is 1.32 bits per heavy atom. The predicted octanol–water partition coefficient (Wildman–Crippen LogP) is 3.06. The number of carbonyl (C=O) groups is 1. The minimum atomic E-state index is -4.46. The monoisotopic (exact) mass is 269 g/mol. The van der Waals surface area contributed by atoms with Crippen molar-refractivity contribution in [3.63, 3.8) is 0 Å². The maximum atomic E-state index is 12.8. The van der Waals surface area contributed by atoms with E-state index in [0.29, 0.717) is 6.29 Å². The predicted molar refractivity (Wildman–Crippen MR) is 63.5 cm³/mol. The quantitative estimate of drug-likeness (QED) is 0.774. The lowest BCUT2D eigenvalue weighted by molar-refractivity contribution is -0.137. The van der Waals surface area contributed by atoms with Gasteiger partial charge >= 0.3 is 6.18 Å². The highest BCUT2D eigenvalue weighted by Gasteiger charge is 2.33. The van der Waals surface area contributed by atoms with Gasteiger partial charge in [-0.15, -0.1) is 0 Å². The van der Waals surface area contributed by atoms with Crippen molar-refractivity contribution in [2.75, 3.05) is 0 Å². The van der Waals surface area contributed by atoms with Crippen molar-refractivity contribution in [1.82, 2.24) is 0 Å². The number of benzene rings is 1. The van der Waals surface area contributed by atoms with Crippen LogP contribution in [0, 0.1) is 0 Å². The van der Waals surface area contributed by atoms with Crippen LogP contribution in [0.25, 0.3) is 6.08 Å². The molecule has 0 N–H and O–H groups in total. The standard InChI is InChI=1S/C13H10F3NO2/c1-8-17-11(12(7-18)19-8)6-9-4-2-3-5-10(9)13(14,15)16/h2-7,12H,1H3. The van der Waals surface area contributed by atoms with E-state index in [0.717, 1.165) is 6.07 Å². The zero-order valence-corrected chi connectivity index (χ0v) is 9.94. The second kappa shape index (κ2) is 4.87. The zero-order chi connectivity index (χ0) is 14.0. The summed E-state index contributed by atoms with van der Waals surface area (Å²) in [5.41, 5.74) is -0.644. The van der Waals surface area contributed by atoms with Crippen molar-refractivity contribution in [1.29, 1.82) is 0 Å². The molecule has 100 valence electrons. The van der Waals surface area contributed by atoms with Gasteiger partial charge in [-0.1, -0.05) is 18.2 Å². The van der Waals surface area contributed by atoms with E-state index in [1.807, 2.05) is 0 Å². The van der Waals surface area contributed by atoms with Gasteiger partial charge in [0.25, 0.3) is 0 Å². The molecule has 0 fully saturated rings. The molecule has 1 aromatic carbocycles. The second-order valence-electron chi connectivity index (χ2n) is 3.96. The normalized spacial score (nSPS) is 21.2. The Morgan fingerprint density at radius 3 is 2.63 bits per heavy atom. The molecule has 2 rings (SSSR count). The van der Waals surface area contributed by atoms with E-state index in [9.17, 15) is 18.0 Å². The molecule has 0 aliphatic carbocycles. The summed E-state index contributed by atoms with van der Waals surface area (Å²) in [6, 6.07) is 5.10. The van der Waals surface area contributed by atoms with Crippen molar-refractivity contribution in [3.05, 3.63) is 41.1 Å². The minimum absolute atomic E-state index is 0.0427. The van der Waals surface area contributed by atoms with Crippen LogP contribution in [0.4, 0.5) is 13.2 Å². The highest BCUT2D eigenvalue weighted by Crippen LogP contribution is 2.33. The first-order chi connectivity index (χ1) is 8.91. The molecule has 19 heavy (non-hydrogen) atoms. The van der Waals surface area contributed by atoms with Crippen molar-refractivity contribution in [2.24, 2.45) is 4.99 Å². The molecule has 6 heteroatoms. The number of nitrogens with zero attached hydrogens (tertiary/aromatic N) is 1. The van der Waals surface area contributed by atoms with Gasteiger partial charge in [0.2, 0.25) is 0 Å². The van der Waals surface area contributed by atoms with Gasteiger partial charge in [0.15, 0.2) is 18.3 Å². The lowest BCUT2D eigenvalue weighted by Crippen LogP contribution is -2.12. The molecule has 1 heterocycles. The fourth-order valence-electron chi connectivity index (χ4n) is 1.77. The van der Waals surface area contributed by atoms with E-state index in [1.165, 1.54) is 31.2 Å². The van der Waals surface area contributed by atoms with Crippen LogP contribution < -0.4 is 0 Å². The molecule has 0 spiro atoms. The van der Waals surface area contributed by atoms with Crippen LogP contribution in [0.1, 0.15) is 18.1 Å². The highest BCUT2D eigenvalue weighted by atomic mass is 19.4. The molecular formula is C13H10F3NO2. The molecule has 0 saturated heterocycles. The number of halogens is 3. The number of hydrogen-bond donors (Lipinski definition) is 0. The smallest absolute Gasteiger partial charge is 0.416 e. The average Bonchev–Trinajstić information content (AvgIpc) is 2.69. The molecule has 1 aromatic rings. The first kappa shape index (κ1) is 13.3. The van der Waals surface area contributed by atoms with E-state index in [-0.39, 0.29) is 17.2 Å². The summed E-state index contributed by atoms with van der Waals surface area (Å²) in [6.07, 6.45) is -3.68. The maximum absolute atomic E-state index is 12.8. The van der Waals surface area contributed by atoms with Crippen LogP contribution in [0.3, 0.4) is 0 Å². The van der Waals surface area contributed by atoms with E-state index >= 15 is 0 Å². The Bertz CT molecular complexity index is 561. The van der Waals surface area contributed by atoms with E-state index in [2.05, 4.69) is 4.99 Å². The molecule has 0 radical (unpaired) electrons. The van der Waals surface area contributed by atoms with Crippen LogP contribution in [0.5, 0.6) is 0 Å². The second-order valence-corrected chi connectivity index (χ2v) is 3.96. The summed E-state index contributed by atoms with van der Waals surface area (Å²) in [5.74, 6) is 0.257. The maximum Gasteiger partial charge on any atom is 0.416 e. The lowest BCUT2D eigenvalue weighted by atomic mass is 10.1. The first-order valence-corrected chi connectivity index (χ1v) is 5.47. The van der Waals surface area contributed by atoms with Crippen LogP contribution in [0.15, 0.2) is 35.0 Å². The third kappa shape index (κ3) is 2.83. The summed E-state index contributed by atoms with van der Waals surface area (Å²) in [6.45, 7) is 1.53. The van der Waals surface area contributed by atoms with Gasteiger partial charge in [0.1, 0.15) is 0 Å². The lowest BCUT2D eigenvalue weighted by Gasteiger charge is -2.10. The molecule has 0 amide bonds. The number of ether oxygens (including phenoxy) is 1. The number of aliphatic imine (C=N–C) groups is 1. The number of aldehydes is 1. The van der Waals surface area contributed by atoms with Crippen LogP contribution >= 0.6 is 0 Å². The van der Waals surface area contributed by atoms with Crippen LogP contribution in [-0.4, -0.2) is 18.3 Å². The largest absolute Gasteiger partial charge is 0.464 e. The number of rotatable bonds is 2. The Balaban J connectivity index is 2.46. The average molecular weight is 269 g/mol. The first-order valence-electron chi connectivity index (χ1n) is 5.47. The third-order valence-corrected chi connectivity index (χ3v) is 2.57. The van der Waals surface area contributed by atoms with Gasteiger partial charge in [-0.3, -0.25) is 4.79 Å². The number of hydrogen-bond acceptors (Lipinski definition) is 3. The third-order valence-electron chi connectivity index (χ3n) is 2.57. The van der Waals surface area contributed by atoms with Crippen molar-refractivity contribution < 1.29 is 22.7 Å². The van der Waals surface area contributed by atoms with Crippen molar-refractivity contribution in [3.8, 4) is 0 Å². The number of alkyl halides is 3. The summed E-state index contributed by atoms with van der Waals surface area (Å²) < 4.78 is 43.5. The van der Waals surface area contributed by atoms with Gasteiger partial charge in [-0.25, -0.2) is 4.99 Å². The molecule has 1 unspecified atom stereocenters. The summed E-state index contributed by atoms with van der Waals surface area (Å²) in [5, 5.41) is 0. The van der Waals surface area contributed by atoms with Gasteiger partial charge < -0.3 is 4.74 Å². The topological polar surface area (TPSA) is 38.7 Å². The van der Waals surface area contributed by atoms with Crippen LogP contribution in [-0.2, 0) is 15.7 Å². The molecule has 3 nitrogen and oxygen atoms in total. The summed E-state index contributed by atoms with van der Waals surface area (Å²) in [4.78, 5) is 14.7. The Labute approximate surface area is 107 Å². The molecule has 0 saturated carbocycles. The van der Waals surface area contributed by atoms with Crippen molar-refractivity contribution >= 4 is 18.3 Å². The Kier molecular flexibility index (Phi) is 3.42. The fraction of sp³-hybridized carbons (Fsp3) is 0.231. The molecular weight excluding hydrogens is 259 g/mol. The molecule has 0 aromatic heterocycles. The molecule has 1 aliphatic heterocycles. The Morgan fingerprint density at radius 2 is 2.00 bits per heavy atom. The number of carbonyl (C=O) groups excluding carboxylic acids is 1. The summed E-state index contributed by atoms with van der Waals surface area (Å²) in [7, 11) is 0. The van der Waals surface area contributed by atoms with Gasteiger partial charge in [0, 0.05) is 6.92 Å². The minimum Gasteiger partial charge on any atom is -0.464 e. The highest BCUT2D eigenvalue weighted by molar-refractivity contribution is 5.84. The zero-order valence-electron chi connectivity index (χ0n) is 9.94. The van der Waals surface area contributed by atoms with Gasteiger partial charge in [0.05, 0.1) is 11.3 Å².